The van der Waals surface area contributed by atoms with E-state index in [1.807, 2.05) is 20.8 Å². The van der Waals surface area contributed by atoms with Crippen molar-refractivity contribution in [2.24, 2.45) is 11.3 Å². The smallest absolute Gasteiger partial charge is 0.311 e. The molecule has 1 fully saturated rings. The number of carbonyl (C=O) groups is 2. The van der Waals surface area contributed by atoms with Gasteiger partial charge in [0.1, 0.15) is 0 Å². The first kappa shape index (κ1) is 18.0. The van der Waals surface area contributed by atoms with Gasteiger partial charge in [-0.2, -0.15) is 0 Å². The third kappa shape index (κ3) is 7.49. The van der Waals surface area contributed by atoms with Crippen molar-refractivity contribution in [3.05, 3.63) is 6.10 Å². The van der Waals surface area contributed by atoms with Crippen LogP contribution in [0.4, 0.5) is 0 Å². The maximum atomic E-state index is 11.7. The molecule has 1 radical (unpaired) electrons. The SMILES string of the molecule is C[C](CCOC(=O)CC1CCCCC1)OC(=O)C(C)(C)C. The van der Waals surface area contributed by atoms with Gasteiger partial charge in [0.15, 0.2) is 6.10 Å². The monoisotopic (exact) mass is 297 g/mol. The molecule has 4 heteroatoms. The highest BCUT2D eigenvalue weighted by molar-refractivity contribution is 5.76. The zero-order chi connectivity index (χ0) is 15.9. The van der Waals surface area contributed by atoms with E-state index in [0.717, 1.165) is 12.8 Å². The Bertz CT molecular complexity index is 337. The molecule has 1 rings (SSSR count). The van der Waals surface area contributed by atoms with E-state index in [1.165, 1.54) is 19.3 Å². The summed E-state index contributed by atoms with van der Waals surface area (Å²) in [5.74, 6) is 0.112. The van der Waals surface area contributed by atoms with Crippen molar-refractivity contribution in [3.8, 4) is 0 Å². The van der Waals surface area contributed by atoms with E-state index >= 15 is 0 Å². The second kappa shape index (κ2) is 8.40. The molecule has 0 amide bonds. The molecule has 0 aromatic rings. The van der Waals surface area contributed by atoms with Crippen LogP contribution in [0.15, 0.2) is 0 Å². The summed E-state index contributed by atoms with van der Waals surface area (Å²) in [5.41, 5.74) is -0.515. The first-order valence-electron chi connectivity index (χ1n) is 7.99. The van der Waals surface area contributed by atoms with E-state index in [4.69, 9.17) is 9.47 Å². The maximum Gasteiger partial charge on any atom is 0.311 e. The van der Waals surface area contributed by atoms with Crippen LogP contribution in [0.2, 0.25) is 0 Å². The minimum atomic E-state index is -0.515. The molecule has 1 aliphatic carbocycles. The summed E-state index contributed by atoms with van der Waals surface area (Å²) < 4.78 is 10.5. The van der Waals surface area contributed by atoms with Crippen molar-refractivity contribution in [3.63, 3.8) is 0 Å². The highest BCUT2D eigenvalue weighted by Crippen LogP contribution is 2.26. The molecule has 0 saturated heterocycles. The molecule has 0 spiro atoms. The van der Waals surface area contributed by atoms with Crippen LogP contribution >= 0.6 is 0 Å². The topological polar surface area (TPSA) is 52.6 Å². The van der Waals surface area contributed by atoms with Gasteiger partial charge in [-0.3, -0.25) is 9.59 Å². The summed E-state index contributed by atoms with van der Waals surface area (Å²) in [7, 11) is 0. The molecule has 21 heavy (non-hydrogen) atoms. The van der Waals surface area contributed by atoms with Gasteiger partial charge in [-0.25, -0.2) is 0 Å². The van der Waals surface area contributed by atoms with Gasteiger partial charge in [0.2, 0.25) is 0 Å². The highest BCUT2D eigenvalue weighted by atomic mass is 16.6. The second-order valence-electron chi connectivity index (χ2n) is 7.02. The molecular formula is C17H29O4. The van der Waals surface area contributed by atoms with E-state index in [9.17, 15) is 9.59 Å². The van der Waals surface area contributed by atoms with Gasteiger partial charge in [-0.15, -0.1) is 0 Å². The Hall–Kier alpha value is -1.06. The van der Waals surface area contributed by atoms with Crippen molar-refractivity contribution >= 4 is 11.9 Å². The van der Waals surface area contributed by atoms with Crippen LogP contribution in [0.25, 0.3) is 0 Å². The van der Waals surface area contributed by atoms with E-state index in [-0.39, 0.29) is 18.5 Å². The van der Waals surface area contributed by atoms with Crippen LogP contribution in [0.5, 0.6) is 0 Å². The molecule has 1 saturated carbocycles. The van der Waals surface area contributed by atoms with Gasteiger partial charge < -0.3 is 9.47 Å². The lowest BCUT2D eigenvalue weighted by Gasteiger charge is -2.21. The summed E-state index contributed by atoms with van der Waals surface area (Å²) in [6, 6.07) is 0. The number of esters is 2. The Morgan fingerprint density at radius 1 is 1.10 bits per heavy atom. The molecule has 0 heterocycles. The van der Waals surface area contributed by atoms with Crippen molar-refractivity contribution in [2.45, 2.75) is 72.6 Å². The summed E-state index contributed by atoms with van der Waals surface area (Å²) in [4.78, 5) is 23.4. The average molecular weight is 297 g/mol. The van der Waals surface area contributed by atoms with Crippen molar-refractivity contribution in [1.82, 2.24) is 0 Å². The van der Waals surface area contributed by atoms with Crippen LogP contribution < -0.4 is 0 Å². The standard InChI is InChI=1S/C17H29O4/c1-13(21-16(19)17(2,3)4)10-11-20-15(18)12-14-8-6-5-7-9-14/h14H,5-12H2,1-4H3. The summed E-state index contributed by atoms with van der Waals surface area (Å²) >= 11 is 0. The van der Waals surface area contributed by atoms with Gasteiger partial charge in [-0.1, -0.05) is 19.3 Å². The first-order chi connectivity index (χ1) is 9.79. The maximum absolute atomic E-state index is 11.7. The van der Waals surface area contributed by atoms with E-state index in [2.05, 4.69) is 0 Å². The average Bonchev–Trinajstić information content (AvgIpc) is 2.38. The summed E-state index contributed by atoms with van der Waals surface area (Å²) in [5, 5.41) is 0. The molecule has 0 unspecified atom stereocenters. The molecule has 0 bridgehead atoms. The fraction of sp³-hybridized carbons (Fsp3) is 0.824. The zero-order valence-electron chi connectivity index (χ0n) is 13.9. The summed E-state index contributed by atoms with van der Waals surface area (Å²) in [6.45, 7) is 7.47. The van der Waals surface area contributed by atoms with Crippen molar-refractivity contribution in [2.75, 3.05) is 6.61 Å². The number of ether oxygens (including phenoxy) is 2. The molecule has 4 nitrogen and oxygen atoms in total. The Balaban J connectivity index is 2.14. The number of carbonyl (C=O) groups excluding carboxylic acids is 2. The first-order valence-corrected chi connectivity index (χ1v) is 7.99. The normalized spacial score (nSPS) is 16.8. The zero-order valence-corrected chi connectivity index (χ0v) is 13.9. The van der Waals surface area contributed by atoms with Crippen LogP contribution in [-0.2, 0) is 19.1 Å². The molecule has 121 valence electrons. The Labute approximate surface area is 128 Å². The quantitative estimate of drug-likeness (QED) is 0.694. The molecule has 0 atom stereocenters. The van der Waals surface area contributed by atoms with E-state index in [0.29, 0.717) is 24.9 Å². The molecule has 0 aliphatic heterocycles. The van der Waals surface area contributed by atoms with E-state index < -0.39 is 5.41 Å². The molecular weight excluding hydrogens is 268 g/mol. The fourth-order valence-electron chi connectivity index (χ4n) is 2.36. The minimum absolute atomic E-state index is 0.128. The second-order valence-corrected chi connectivity index (χ2v) is 7.02. The van der Waals surface area contributed by atoms with Crippen LogP contribution in [-0.4, -0.2) is 18.5 Å². The Kier molecular flexibility index (Phi) is 7.20. The molecule has 0 aromatic heterocycles. The summed E-state index contributed by atoms with van der Waals surface area (Å²) in [6.07, 6.45) is 7.63. The third-order valence-corrected chi connectivity index (χ3v) is 3.78. The number of hydrogen-bond acceptors (Lipinski definition) is 4. The lowest BCUT2D eigenvalue weighted by atomic mass is 9.87. The Morgan fingerprint density at radius 2 is 1.71 bits per heavy atom. The lowest BCUT2D eigenvalue weighted by Crippen LogP contribution is -2.24. The van der Waals surface area contributed by atoms with Gasteiger partial charge in [0, 0.05) is 12.8 Å². The van der Waals surface area contributed by atoms with Crippen molar-refractivity contribution < 1.29 is 19.1 Å². The highest BCUT2D eigenvalue weighted by Gasteiger charge is 2.25. The number of hydrogen-bond donors (Lipinski definition) is 0. The fourth-order valence-corrected chi connectivity index (χ4v) is 2.36. The van der Waals surface area contributed by atoms with Gasteiger partial charge in [-0.05, 0) is 46.5 Å². The number of rotatable bonds is 6. The minimum Gasteiger partial charge on any atom is -0.466 e. The third-order valence-electron chi connectivity index (χ3n) is 3.78. The van der Waals surface area contributed by atoms with Crippen molar-refractivity contribution in [1.29, 1.82) is 0 Å². The van der Waals surface area contributed by atoms with Crippen LogP contribution in [0, 0.1) is 17.4 Å². The molecule has 0 N–H and O–H groups in total. The largest absolute Gasteiger partial charge is 0.466 e. The Morgan fingerprint density at radius 3 is 2.29 bits per heavy atom. The van der Waals surface area contributed by atoms with Crippen LogP contribution in [0.3, 0.4) is 0 Å². The molecule has 1 aliphatic rings. The van der Waals surface area contributed by atoms with Crippen LogP contribution in [0.1, 0.15) is 72.6 Å². The predicted octanol–water partition coefficient (Wildman–Crippen LogP) is 4.03. The van der Waals surface area contributed by atoms with Gasteiger partial charge in [0.05, 0.1) is 12.0 Å². The van der Waals surface area contributed by atoms with E-state index in [1.54, 1.807) is 6.92 Å². The van der Waals surface area contributed by atoms with Gasteiger partial charge in [0.25, 0.3) is 0 Å². The predicted molar refractivity (Wildman–Crippen MR) is 81.2 cm³/mol. The lowest BCUT2D eigenvalue weighted by molar-refractivity contribution is -0.152. The molecule has 0 aromatic carbocycles. The van der Waals surface area contributed by atoms with Gasteiger partial charge >= 0.3 is 11.9 Å².